The van der Waals surface area contributed by atoms with Crippen LogP contribution in [0.25, 0.3) is 0 Å². The predicted octanol–water partition coefficient (Wildman–Crippen LogP) is 3.41. The molecule has 4 heteroatoms. The van der Waals surface area contributed by atoms with Crippen LogP contribution in [0.1, 0.15) is 60.8 Å². The minimum absolute atomic E-state index is 0.175. The number of hydrogen-bond acceptors (Lipinski definition) is 3. The minimum atomic E-state index is -0.405. The maximum atomic E-state index is 12.0. The first-order chi connectivity index (χ1) is 9.17. The Morgan fingerprint density at radius 1 is 1.25 bits per heavy atom. The van der Waals surface area contributed by atoms with E-state index in [4.69, 9.17) is 4.74 Å². The second kappa shape index (κ2) is 7.30. The number of hydrogen-bond donors (Lipinski definition) is 1. The molecule has 20 heavy (non-hydrogen) atoms. The van der Waals surface area contributed by atoms with Gasteiger partial charge < -0.3 is 15.0 Å². The summed E-state index contributed by atoms with van der Waals surface area (Å²) < 4.78 is 5.41. The second-order valence-corrected chi connectivity index (χ2v) is 7.44. The summed E-state index contributed by atoms with van der Waals surface area (Å²) in [5.41, 5.74) is -0.405. The molecule has 1 atom stereocenters. The van der Waals surface area contributed by atoms with Crippen LogP contribution in [0.4, 0.5) is 4.79 Å². The van der Waals surface area contributed by atoms with Crippen LogP contribution < -0.4 is 5.32 Å². The van der Waals surface area contributed by atoms with E-state index in [1.807, 2.05) is 25.7 Å². The number of carbonyl (C=O) groups is 1. The van der Waals surface area contributed by atoms with Crippen LogP contribution in [-0.4, -0.2) is 41.8 Å². The first-order valence-corrected chi connectivity index (χ1v) is 7.91. The Morgan fingerprint density at radius 2 is 1.80 bits per heavy atom. The van der Waals surface area contributed by atoms with Gasteiger partial charge in [0.25, 0.3) is 0 Å². The van der Waals surface area contributed by atoms with Crippen molar-refractivity contribution in [3.63, 3.8) is 0 Å². The molecule has 1 heterocycles. The van der Waals surface area contributed by atoms with Gasteiger partial charge in [-0.1, -0.05) is 13.8 Å². The van der Waals surface area contributed by atoms with Crippen LogP contribution in [0.5, 0.6) is 0 Å². The largest absolute Gasteiger partial charge is 0.444 e. The van der Waals surface area contributed by atoms with Gasteiger partial charge >= 0.3 is 6.09 Å². The number of carbonyl (C=O) groups excluding carboxylic acids is 1. The fourth-order valence-corrected chi connectivity index (χ4v) is 2.73. The van der Waals surface area contributed by atoms with Crippen LogP contribution in [0, 0.1) is 5.92 Å². The molecule has 0 aromatic heterocycles. The van der Waals surface area contributed by atoms with E-state index >= 15 is 0 Å². The molecule has 0 aromatic carbocycles. The molecule has 0 aromatic rings. The summed E-state index contributed by atoms with van der Waals surface area (Å²) in [6.07, 6.45) is 3.06. The van der Waals surface area contributed by atoms with Crippen molar-refractivity contribution in [2.24, 2.45) is 5.92 Å². The van der Waals surface area contributed by atoms with Crippen molar-refractivity contribution < 1.29 is 9.53 Å². The standard InChI is InChI=1S/C16H32N2O2/c1-12(2)11-13(3)17-14-7-9-18(10-8-14)15(19)20-16(4,5)6/h12-14,17H,7-11H2,1-6H3. The summed E-state index contributed by atoms with van der Waals surface area (Å²) in [4.78, 5) is 13.8. The highest BCUT2D eigenvalue weighted by Gasteiger charge is 2.27. The molecule has 0 aliphatic carbocycles. The van der Waals surface area contributed by atoms with Crippen molar-refractivity contribution in [3.8, 4) is 0 Å². The van der Waals surface area contributed by atoms with Gasteiger partial charge in [-0.3, -0.25) is 0 Å². The Kier molecular flexibility index (Phi) is 6.31. The van der Waals surface area contributed by atoms with Crippen LogP contribution in [0.3, 0.4) is 0 Å². The van der Waals surface area contributed by atoms with Gasteiger partial charge in [0.15, 0.2) is 0 Å². The lowest BCUT2D eigenvalue weighted by Gasteiger charge is -2.35. The van der Waals surface area contributed by atoms with Gasteiger partial charge in [-0.25, -0.2) is 4.79 Å². The molecule has 1 N–H and O–H groups in total. The molecular weight excluding hydrogens is 252 g/mol. The van der Waals surface area contributed by atoms with Crippen molar-refractivity contribution >= 4 is 6.09 Å². The van der Waals surface area contributed by atoms with Gasteiger partial charge in [-0.15, -0.1) is 0 Å². The van der Waals surface area contributed by atoms with Gasteiger partial charge in [0, 0.05) is 25.2 Å². The van der Waals surface area contributed by atoms with Crippen molar-refractivity contribution in [1.82, 2.24) is 10.2 Å². The Bertz CT molecular complexity index is 302. The predicted molar refractivity (Wildman–Crippen MR) is 82.9 cm³/mol. The lowest BCUT2D eigenvalue weighted by molar-refractivity contribution is 0.0196. The smallest absolute Gasteiger partial charge is 0.410 e. The van der Waals surface area contributed by atoms with E-state index in [1.54, 1.807) is 0 Å². The fraction of sp³-hybridized carbons (Fsp3) is 0.938. The molecule has 1 saturated heterocycles. The van der Waals surface area contributed by atoms with Gasteiger partial charge in [0.1, 0.15) is 5.60 Å². The Labute approximate surface area is 124 Å². The average Bonchev–Trinajstić information content (AvgIpc) is 2.26. The van der Waals surface area contributed by atoms with Crippen LogP contribution in [0.2, 0.25) is 0 Å². The molecule has 1 aliphatic rings. The van der Waals surface area contributed by atoms with E-state index in [1.165, 1.54) is 6.42 Å². The molecular formula is C16H32N2O2. The molecule has 1 unspecified atom stereocenters. The Hall–Kier alpha value is -0.770. The number of piperidine rings is 1. The van der Waals surface area contributed by atoms with E-state index in [0.717, 1.165) is 31.8 Å². The van der Waals surface area contributed by atoms with Gasteiger partial charge in [0.05, 0.1) is 0 Å². The highest BCUT2D eigenvalue weighted by molar-refractivity contribution is 5.68. The van der Waals surface area contributed by atoms with E-state index in [2.05, 4.69) is 26.1 Å². The molecule has 0 saturated carbocycles. The van der Waals surface area contributed by atoms with E-state index in [0.29, 0.717) is 12.1 Å². The Balaban J connectivity index is 2.31. The summed E-state index contributed by atoms with van der Waals surface area (Å²) in [6.45, 7) is 14.1. The molecule has 0 radical (unpaired) electrons. The van der Waals surface area contributed by atoms with Crippen LogP contribution in [-0.2, 0) is 4.74 Å². The topological polar surface area (TPSA) is 41.6 Å². The second-order valence-electron chi connectivity index (χ2n) is 7.44. The minimum Gasteiger partial charge on any atom is -0.444 e. The number of rotatable bonds is 4. The highest BCUT2D eigenvalue weighted by Crippen LogP contribution is 2.16. The third-order valence-electron chi connectivity index (χ3n) is 3.49. The number of amides is 1. The average molecular weight is 284 g/mol. The van der Waals surface area contributed by atoms with Crippen molar-refractivity contribution in [1.29, 1.82) is 0 Å². The quantitative estimate of drug-likeness (QED) is 0.860. The number of nitrogens with zero attached hydrogens (tertiary/aromatic N) is 1. The van der Waals surface area contributed by atoms with Crippen LogP contribution in [0.15, 0.2) is 0 Å². The van der Waals surface area contributed by atoms with Crippen LogP contribution >= 0.6 is 0 Å². The van der Waals surface area contributed by atoms with E-state index in [-0.39, 0.29) is 6.09 Å². The summed E-state index contributed by atoms with van der Waals surface area (Å²) in [5, 5.41) is 3.68. The zero-order valence-corrected chi connectivity index (χ0v) is 14.0. The summed E-state index contributed by atoms with van der Waals surface area (Å²) >= 11 is 0. The highest BCUT2D eigenvalue weighted by atomic mass is 16.6. The zero-order chi connectivity index (χ0) is 15.3. The van der Waals surface area contributed by atoms with Gasteiger partial charge in [0.2, 0.25) is 0 Å². The third-order valence-corrected chi connectivity index (χ3v) is 3.49. The first-order valence-electron chi connectivity index (χ1n) is 7.91. The maximum absolute atomic E-state index is 12.0. The lowest BCUT2D eigenvalue weighted by Crippen LogP contribution is -2.48. The molecule has 1 aliphatic heterocycles. The van der Waals surface area contributed by atoms with Gasteiger partial charge in [-0.05, 0) is 52.9 Å². The Morgan fingerprint density at radius 3 is 2.25 bits per heavy atom. The molecule has 0 spiro atoms. The molecule has 1 fully saturated rings. The van der Waals surface area contributed by atoms with Crippen molar-refractivity contribution in [2.45, 2.75) is 78.5 Å². The maximum Gasteiger partial charge on any atom is 0.410 e. The molecule has 0 bridgehead atoms. The van der Waals surface area contributed by atoms with E-state index < -0.39 is 5.60 Å². The zero-order valence-electron chi connectivity index (χ0n) is 14.0. The SMILES string of the molecule is CC(C)CC(C)NC1CCN(C(=O)OC(C)(C)C)CC1. The lowest BCUT2D eigenvalue weighted by atomic mass is 10.0. The molecule has 4 nitrogen and oxygen atoms in total. The normalized spacial score (nSPS) is 19.2. The van der Waals surface area contributed by atoms with E-state index in [9.17, 15) is 4.79 Å². The number of ether oxygens (including phenoxy) is 1. The fourth-order valence-electron chi connectivity index (χ4n) is 2.73. The molecule has 118 valence electrons. The summed E-state index contributed by atoms with van der Waals surface area (Å²) in [6, 6.07) is 1.08. The summed E-state index contributed by atoms with van der Waals surface area (Å²) in [7, 11) is 0. The third kappa shape index (κ3) is 6.60. The number of nitrogens with one attached hydrogen (secondary N) is 1. The van der Waals surface area contributed by atoms with Crippen molar-refractivity contribution in [3.05, 3.63) is 0 Å². The monoisotopic (exact) mass is 284 g/mol. The molecule has 1 rings (SSSR count). The number of likely N-dealkylation sites (tertiary alicyclic amines) is 1. The van der Waals surface area contributed by atoms with Crippen molar-refractivity contribution in [2.75, 3.05) is 13.1 Å². The summed E-state index contributed by atoms with van der Waals surface area (Å²) in [5.74, 6) is 0.722. The molecule has 1 amide bonds. The first kappa shape index (κ1) is 17.3. The van der Waals surface area contributed by atoms with Gasteiger partial charge in [-0.2, -0.15) is 0 Å².